The number of likely N-dealkylation sites (tertiary alicyclic amines) is 2. The quantitative estimate of drug-likeness (QED) is 0.263. The summed E-state index contributed by atoms with van der Waals surface area (Å²) in [5, 5.41) is 0. The number of hydrogen-bond acceptors (Lipinski definition) is 5. The first-order valence-electron chi connectivity index (χ1n) is 14.7. The average Bonchev–Trinajstić information content (AvgIpc) is 3.83. The third-order valence-electron chi connectivity index (χ3n) is 8.45. The van der Waals surface area contributed by atoms with E-state index >= 15 is 0 Å². The van der Waals surface area contributed by atoms with Gasteiger partial charge in [0.15, 0.2) is 5.76 Å². The van der Waals surface area contributed by atoms with Gasteiger partial charge in [-0.25, -0.2) is 9.97 Å². The molecule has 42 heavy (non-hydrogen) atoms. The number of fused-ring (bicyclic) bond motifs is 1. The maximum absolute atomic E-state index is 13.2. The van der Waals surface area contributed by atoms with Crippen molar-refractivity contribution in [1.29, 1.82) is 0 Å². The van der Waals surface area contributed by atoms with Crippen LogP contribution in [-0.4, -0.2) is 49.7 Å². The Labute approximate surface area is 244 Å². The molecule has 0 spiro atoms. The van der Waals surface area contributed by atoms with E-state index in [1.54, 1.807) is 6.20 Å². The van der Waals surface area contributed by atoms with Crippen molar-refractivity contribution in [3.63, 3.8) is 0 Å². The Morgan fingerprint density at radius 2 is 1.43 bits per heavy atom. The highest BCUT2D eigenvalue weighted by molar-refractivity contribution is 5.82. The number of carbonyl (C=O) groups is 2. The molecule has 2 atom stereocenters. The minimum Gasteiger partial charge on any atom is -0.438 e. The Hall–Kier alpha value is -4.72. The lowest BCUT2D eigenvalue weighted by Gasteiger charge is -2.23. The van der Waals surface area contributed by atoms with E-state index in [1.807, 2.05) is 88.7 Å². The molecule has 2 aromatic heterocycles. The van der Waals surface area contributed by atoms with E-state index in [4.69, 9.17) is 9.40 Å². The highest BCUT2D eigenvalue weighted by atomic mass is 16.4. The van der Waals surface area contributed by atoms with E-state index in [9.17, 15) is 9.59 Å². The summed E-state index contributed by atoms with van der Waals surface area (Å²) in [5.74, 6) is 2.27. The zero-order valence-corrected chi connectivity index (χ0v) is 23.4. The van der Waals surface area contributed by atoms with Gasteiger partial charge in [0, 0.05) is 18.7 Å². The van der Waals surface area contributed by atoms with Crippen LogP contribution in [-0.2, 0) is 22.4 Å². The van der Waals surface area contributed by atoms with Crippen molar-refractivity contribution < 1.29 is 14.0 Å². The normalized spacial score (nSPS) is 18.7. The Morgan fingerprint density at radius 1 is 0.810 bits per heavy atom. The largest absolute Gasteiger partial charge is 0.438 e. The zero-order valence-electron chi connectivity index (χ0n) is 23.4. The number of H-pyrrole nitrogens is 1. The van der Waals surface area contributed by atoms with E-state index in [0.717, 1.165) is 65.8 Å². The molecule has 1 N–H and O–H groups in total. The number of aromatic amines is 1. The van der Waals surface area contributed by atoms with Crippen molar-refractivity contribution in [3.05, 3.63) is 108 Å². The number of nitrogens with zero attached hydrogens (tertiary/aromatic N) is 4. The lowest BCUT2D eigenvalue weighted by atomic mass is 10.1. The summed E-state index contributed by atoms with van der Waals surface area (Å²) in [4.78, 5) is 43.1. The minimum absolute atomic E-state index is 0.0595. The topological polar surface area (TPSA) is 95.3 Å². The van der Waals surface area contributed by atoms with E-state index < -0.39 is 0 Å². The average molecular weight is 560 g/mol. The van der Waals surface area contributed by atoms with Crippen molar-refractivity contribution in [2.75, 3.05) is 13.1 Å². The van der Waals surface area contributed by atoms with Crippen molar-refractivity contribution in [2.45, 2.75) is 50.6 Å². The van der Waals surface area contributed by atoms with Crippen LogP contribution in [0.1, 0.15) is 60.6 Å². The van der Waals surface area contributed by atoms with Gasteiger partial charge in [-0.15, -0.1) is 0 Å². The number of benzene rings is 3. The predicted molar refractivity (Wildman–Crippen MR) is 159 cm³/mol. The SMILES string of the molecule is O=C(Cc1ccccc1)N1CCC[C@H]1c1nc2ccc(-c3cnc([C@@H]4CCCN4C(=O)Cc4ccccc4)o3)cc2[nH]1. The smallest absolute Gasteiger partial charge is 0.227 e. The Morgan fingerprint density at radius 3 is 2.10 bits per heavy atom. The van der Waals surface area contributed by atoms with Crippen LogP contribution in [0.5, 0.6) is 0 Å². The van der Waals surface area contributed by atoms with Crippen LogP contribution in [0, 0.1) is 0 Å². The molecule has 212 valence electrons. The summed E-state index contributed by atoms with van der Waals surface area (Å²) in [6.07, 6.45) is 6.13. The molecule has 7 rings (SSSR count). The summed E-state index contributed by atoms with van der Waals surface area (Å²) < 4.78 is 6.25. The van der Waals surface area contributed by atoms with Gasteiger partial charge in [0.25, 0.3) is 0 Å². The standard InChI is InChI=1S/C34H33N5O3/c40-31(19-23-9-3-1-4-10-23)38-17-7-13-28(38)33-36-26-16-15-25(21-27(26)37-33)30-22-35-34(42-30)29-14-8-18-39(29)32(41)20-24-11-5-2-6-12-24/h1-6,9-12,15-16,21-22,28-29H,7-8,13-14,17-20H2,(H,36,37)/t28-,29-/m0/s1. The Bertz CT molecular complexity index is 1710. The van der Waals surface area contributed by atoms with Crippen LogP contribution < -0.4 is 0 Å². The molecule has 3 aromatic carbocycles. The van der Waals surface area contributed by atoms with Crippen molar-refractivity contribution in [1.82, 2.24) is 24.8 Å². The first kappa shape index (κ1) is 26.2. The number of aromatic nitrogens is 3. The summed E-state index contributed by atoms with van der Waals surface area (Å²) in [6, 6.07) is 25.5. The maximum atomic E-state index is 13.2. The molecule has 0 saturated carbocycles. The molecule has 4 heterocycles. The molecular formula is C34H33N5O3. The Kier molecular flexibility index (Phi) is 7.03. The summed E-state index contributed by atoms with van der Waals surface area (Å²) >= 11 is 0. The lowest BCUT2D eigenvalue weighted by Crippen LogP contribution is -2.32. The molecule has 8 nitrogen and oxygen atoms in total. The van der Waals surface area contributed by atoms with Crippen molar-refractivity contribution >= 4 is 22.8 Å². The first-order chi connectivity index (χ1) is 20.6. The molecule has 0 bridgehead atoms. The number of imidazole rings is 1. The van der Waals surface area contributed by atoms with Gasteiger partial charge in [0.05, 0.1) is 36.1 Å². The van der Waals surface area contributed by atoms with E-state index in [0.29, 0.717) is 31.0 Å². The third-order valence-corrected chi connectivity index (χ3v) is 8.45. The van der Waals surface area contributed by atoms with Gasteiger partial charge >= 0.3 is 0 Å². The van der Waals surface area contributed by atoms with E-state index in [2.05, 4.69) is 9.97 Å². The molecule has 0 aliphatic carbocycles. The van der Waals surface area contributed by atoms with Gasteiger partial charge in [-0.05, 0) is 55.0 Å². The number of carbonyl (C=O) groups excluding carboxylic acids is 2. The third kappa shape index (κ3) is 5.20. The molecule has 0 unspecified atom stereocenters. The lowest BCUT2D eigenvalue weighted by molar-refractivity contribution is -0.132. The molecule has 2 aliphatic rings. The number of nitrogens with one attached hydrogen (secondary N) is 1. The molecule has 8 heteroatoms. The molecule has 5 aromatic rings. The number of oxazole rings is 1. The predicted octanol–water partition coefficient (Wildman–Crippen LogP) is 6.03. The Balaban J connectivity index is 1.07. The molecular weight excluding hydrogens is 526 g/mol. The highest BCUT2D eigenvalue weighted by Gasteiger charge is 2.34. The summed E-state index contributed by atoms with van der Waals surface area (Å²) in [7, 11) is 0. The molecule has 0 radical (unpaired) electrons. The van der Waals surface area contributed by atoms with Gasteiger partial charge in [-0.2, -0.15) is 0 Å². The van der Waals surface area contributed by atoms with Crippen LogP contribution in [0.15, 0.2) is 89.5 Å². The van der Waals surface area contributed by atoms with Gasteiger partial charge in [0.2, 0.25) is 17.7 Å². The maximum Gasteiger partial charge on any atom is 0.227 e. The van der Waals surface area contributed by atoms with Crippen LogP contribution in [0.4, 0.5) is 0 Å². The number of hydrogen-bond donors (Lipinski definition) is 1. The van der Waals surface area contributed by atoms with Crippen molar-refractivity contribution in [3.8, 4) is 11.3 Å². The second-order valence-electron chi connectivity index (χ2n) is 11.2. The van der Waals surface area contributed by atoms with Gasteiger partial charge in [0.1, 0.15) is 11.9 Å². The van der Waals surface area contributed by atoms with Crippen LogP contribution in [0.3, 0.4) is 0 Å². The van der Waals surface area contributed by atoms with Crippen molar-refractivity contribution in [2.24, 2.45) is 0 Å². The zero-order chi connectivity index (χ0) is 28.5. The molecule has 2 aliphatic heterocycles. The second-order valence-corrected chi connectivity index (χ2v) is 11.2. The minimum atomic E-state index is -0.153. The second kappa shape index (κ2) is 11.3. The van der Waals surface area contributed by atoms with Gasteiger partial charge in [-0.3, -0.25) is 9.59 Å². The number of rotatable bonds is 7. The fourth-order valence-electron chi connectivity index (χ4n) is 6.33. The van der Waals surface area contributed by atoms with Gasteiger partial charge < -0.3 is 19.2 Å². The summed E-state index contributed by atoms with van der Waals surface area (Å²) in [5.41, 5.74) is 4.66. The van der Waals surface area contributed by atoms with Crippen LogP contribution in [0.2, 0.25) is 0 Å². The fourth-order valence-corrected chi connectivity index (χ4v) is 6.33. The monoisotopic (exact) mass is 559 g/mol. The number of amides is 2. The first-order valence-corrected chi connectivity index (χ1v) is 14.7. The van der Waals surface area contributed by atoms with E-state index in [-0.39, 0.29) is 23.9 Å². The summed E-state index contributed by atoms with van der Waals surface area (Å²) in [6.45, 7) is 1.45. The highest BCUT2D eigenvalue weighted by Crippen LogP contribution is 2.36. The van der Waals surface area contributed by atoms with Gasteiger partial charge in [-0.1, -0.05) is 60.7 Å². The fraction of sp³-hybridized carbons (Fsp3) is 0.294. The molecule has 2 amide bonds. The molecule has 2 fully saturated rings. The molecule has 2 saturated heterocycles. The van der Waals surface area contributed by atoms with Crippen LogP contribution >= 0.6 is 0 Å². The van der Waals surface area contributed by atoms with Crippen LogP contribution in [0.25, 0.3) is 22.4 Å². The van der Waals surface area contributed by atoms with E-state index in [1.165, 1.54) is 0 Å².